The Bertz CT molecular complexity index is 2950. The molecule has 3 nitrogen and oxygen atoms in total. The van der Waals surface area contributed by atoms with E-state index in [1.165, 1.54) is 44.5 Å². The number of nitrogens with zero attached hydrogens (tertiary/aromatic N) is 3. The molecular formula is C54H39N3. The Morgan fingerprint density at radius 3 is 1.35 bits per heavy atom. The van der Waals surface area contributed by atoms with Crippen molar-refractivity contribution in [3.8, 4) is 89.3 Å². The predicted molar refractivity (Wildman–Crippen MR) is 236 cm³/mol. The summed E-state index contributed by atoms with van der Waals surface area (Å²) in [6.45, 7) is 4.45. The minimum Gasteiger partial charge on any atom is -0.129 e. The molecule has 8 aromatic carbocycles. The van der Waals surface area contributed by atoms with Gasteiger partial charge in [0.15, 0.2) is 0 Å². The van der Waals surface area contributed by atoms with Gasteiger partial charge in [-0.2, -0.15) is 0 Å². The van der Waals surface area contributed by atoms with Crippen molar-refractivity contribution >= 4 is 0 Å². The lowest BCUT2D eigenvalue weighted by Crippen LogP contribution is -2.05. The minimum absolute atomic E-state index is 0.799. The zero-order valence-electron chi connectivity index (χ0n) is 31.9. The first-order valence-electron chi connectivity index (χ1n) is 19.6. The zero-order valence-corrected chi connectivity index (χ0v) is 31.9. The van der Waals surface area contributed by atoms with Crippen molar-refractivity contribution < 1.29 is 0 Å². The lowest BCUT2D eigenvalue weighted by atomic mass is 9.83. The van der Waals surface area contributed by atoms with E-state index in [1.54, 1.807) is 0 Å². The van der Waals surface area contributed by atoms with Crippen LogP contribution in [0.15, 0.2) is 188 Å². The number of benzene rings is 8. The third kappa shape index (κ3) is 5.96. The lowest BCUT2D eigenvalue weighted by molar-refractivity contribution is 0.877. The molecule has 57 heavy (non-hydrogen) atoms. The quantitative estimate of drug-likeness (QED) is 0.164. The normalized spacial score (nSPS) is 11.6. The van der Waals surface area contributed by atoms with E-state index in [0.29, 0.717) is 0 Å². The first-order valence-corrected chi connectivity index (χ1v) is 19.6. The van der Waals surface area contributed by atoms with Gasteiger partial charge in [-0.05, 0) is 109 Å². The van der Waals surface area contributed by atoms with Gasteiger partial charge in [-0.1, -0.05) is 188 Å². The molecule has 1 heterocycles. The summed E-state index contributed by atoms with van der Waals surface area (Å²) in [7, 11) is 0. The Hall–Kier alpha value is -7.23. The van der Waals surface area contributed by atoms with Crippen LogP contribution in [0.4, 0.5) is 0 Å². The van der Waals surface area contributed by atoms with Crippen molar-refractivity contribution in [2.75, 3.05) is 0 Å². The van der Waals surface area contributed by atoms with E-state index < -0.39 is 0 Å². The molecule has 3 heteroatoms. The molecule has 0 N–H and O–H groups in total. The smallest absolute Gasteiger partial charge is 0.105 e. The summed E-state index contributed by atoms with van der Waals surface area (Å²) in [5.74, 6) is 0. The summed E-state index contributed by atoms with van der Waals surface area (Å²) in [6, 6.07) is 67.2. The van der Waals surface area contributed by atoms with E-state index in [4.69, 9.17) is 10.2 Å². The fourth-order valence-corrected chi connectivity index (χ4v) is 8.82. The van der Waals surface area contributed by atoms with Crippen LogP contribution in [-0.2, 0) is 6.42 Å². The number of aryl methyl sites for hydroxylation is 1. The van der Waals surface area contributed by atoms with Crippen LogP contribution >= 0.6 is 0 Å². The molecule has 1 aliphatic carbocycles. The summed E-state index contributed by atoms with van der Waals surface area (Å²) in [4.78, 5) is 0. The zero-order chi connectivity index (χ0) is 38.3. The van der Waals surface area contributed by atoms with E-state index in [2.05, 4.69) is 207 Å². The topological polar surface area (TPSA) is 38.7 Å². The van der Waals surface area contributed by atoms with E-state index in [0.717, 1.165) is 73.4 Å². The number of hydrogen-bond donors (Lipinski definition) is 0. The van der Waals surface area contributed by atoms with Crippen LogP contribution < -0.4 is 0 Å². The molecule has 0 unspecified atom stereocenters. The number of fused-ring (bicyclic) bond motifs is 3. The van der Waals surface area contributed by atoms with Crippen molar-refractivity contribution in [1.82, 2.24) is 15.4 Å². The molecule has 0 atom stereocenters. The molecule has 0 aliphatic heterocycles. The molecular weight excluding hydrogens is 691 g/mol. The summed E-state index contributed by atoms with van der Waals surface area (Å²) >= 11 is 0. The van der Waals surface area contributed by atoms with Gasteiger partial charge in [0.05, 0.1) is 0 Å². The highest BCUT2D eigenvalue weighted by Gasteiger charge is 2.30. The Kier molecular flexibility index (Phi) is 8.69. The predicted octanol–water partition coefficient (Wildman–Crippen LogP) is 13.7. The van der Waals surface area contributed by atoms with Crippen molar-refractivity contribution in [2.45, 2.75) is 20.3 Å². The van der Waals surface area contributed by atoms with Crippen LogP contribution in [-0.4, -0.2) is 15.4 Å². The molecule has 1 aromatic heterocycles. The highest BCUT2D eigenvalue weighted by Crippen LogP contribution is 2.50. The van der Waals surface area contributed by atoms with Gasteiger partial charge < -0.3 is 0 Å². The average Bonchev–Trinajstić information content (AvgIpc) is 3.65. The van der Waals surface area contributed by atoms with E-state index in [9.17, 15) is 0 Å². The van der Waals surface area contributed by atoms with Gasteiger partial charge in [-0.3, -0.25) is 0 Å². The largest absolute Gasteiger partial charge is 0.129 e. The van der Waals surface area contributed by atoms with Crippen LogP contribution in [0.25, 0.3) is 89.3 Å². The summed E-state index contributed by atoms with van der Waals surface area (Å²) in [5.41, 5.74) is 22.6. The Morgan fingerprint density at radius 1 is 0.351 bits per heavy atom. The van der Waals surface area contributed by atoms with Crippen molar-refractivity contribution in [3.05, 3.63) is 210 Å². The molecule has 0 fully saturated rings. The second-order valence-corrected chi connectivity index (χ2v) is 14.8. The van der Waals surface area contributed by atoms with Crippen LogP contribution in [0.3, 0.4) is 0 Å². The third-order valence-corrected chi connectivity index (χ3v) is 11.6. The highest BCUT2D eigenvalue weighted by atomic mass is 15.3. The van der Waals surface area contributed by atoms with Crippen molar-refractivity contribution in [1.29, 1.82) is 0 Å². The average molecular weight is 730 g/mol. The number of rotatable bonds is 7. The molecule has 10 rings (SSSR count). The molecule has 9 aromatic rings. The van der Waals surface area contributed by atoms with Gasteiger partial charge >= 0.3 is 0 Å². The minimum atomic E-state index is 0.799. The molecule has 0 radical (unpaired) electrons. The van der Waals surface area contributed by atoms with Gasteiger partial charge in [0.1, 0.15) is 11.4 Å². The maximum absolute atomic E-state index is 5.08. The van der Waals surface area contributed by atoms with E-state index >= 15 is 0 Å². The van der Waals surface area contributed by atoms with Gasteiger partial charge in [-0.15, -0.1) is 10.2 Å². The molecule has 270 valence electrons. The molecule has 1 aliphatic rings. The number of hydrogen-bond acceptors (Lipinski definition) is 3. The maximum Gasteiger partial charge on any atom is 0.105 e. The van der Waals surface area contributed by atoms with Crippen molar-refractivity contribution in [3.63, 3.8) is 0 Å². The maximum atomic E-state index is 5.08. The first kappa shape index (κ1) is 34.3. The first-order chi connectivity index (χ1) is 28.2. The molecule has 0 saturated heterocycles. The van der Waals surface area contributed by atoms with Crippen molar-refractivity contribution in [2.24, 2.45) is 0 Å². The standard InChI is InChI=1S/C54H39N3/c1-35-33-49-42-26-10-9-23-39(42)34-50(49)51(36(35)2)54-52(47-31-17-15-29-45(47)43-27-13-11-24-40(43)37-19-5-3-6-20-37)53(55-57-56-54)48-32-18-16-30-46(48)44-28-14-12-25-41(44)38-21-7-4-8-22-38/h3-33H,34H2,1-2H3. The van der Waals surface area contributed by atoms with E-state index in [-0.39, 0.29) is 0 Å². The number of aromatic nitrogens is 3. The van der Waals surface area contributed by atoms with Crippen LogP contribution in [0.2, 0.25) is 0 Å². The summed E-state index contributed by atoms with van der Waals surface area (Å²) < 4.78 is 0. The Labute approximate surface area is 334 Å². The van der Waals surface area contributed by atoms with Gasteiger partial charge in [0, 0.05) is 16.7 Å². The fourth-order valence-electron chi connectivity index (χ4n) is 8.82. The lowest BCUT2D eigenvalue weighted by Gasteiger charge is -2.22. The fraction of sp³-hybridized carbons (Fsp3) is 0.0556. The van der Waals surface area contributed by atoms with Gasteiger partial charge in [0.25, 0.3) is 0 Å². The summed E-state index contributed by atoms with van der Waals surface area (Å²) in [6.07, 6.45) is 0.834. The molecule has 0 spiro atoms. The molecule has 0 amide bonds. The summed E-state index contributed by atoms with van der Waals surface area (Å²) in [5, 5.41) is 14.8. The second-order valence-electron chi connectivity index (χ2n) is 14.8. The molecule has 0 bridgehead atoms. The Balaban J connectivity index is 1.30. The van der Waals surface area contributed by atoms with Crippen LogP contribution in [0.5, 0.6) is 0 Å². The van der Waals surface area contributed by atoms with Crippen LogP contribution in [0.1, 0.15) is 22.3 Å². The molecule has 0 saturated carbocycles. The second kappa shape index (κ2) is 14.4. The highest BCUT2D eigenvalue weighted by molar-refractivity contribution is 6.03. The van der Waals surface area contributed by atoms with Gasteiger partial charge in [0.2, 0.25) is 0 Å². The monoisotopic (exact) mass is 729 g/mol. The third-order valence-electron chi connectivity index (χ3n) is 11.6. The van der Waals surface area contributed by atoms with E-state index in [1.807, 2.05) is 0 Å². The van der Waals surface area contributed by atoms with Gasteiger partial charge in [-0.25, -0.2) is 0 Å². The SMILES string of the molecule is Cc1cc2c(c(-c3nnnc(-c4ccccc4-c4ccccc4-c4ccccc4)c3-c3ccccc3-c3ccccc3-c3ccccc3)c1C)Cc1ccccc1-2. The van der Waals surface area contributed by atoms with Crippen LogP contribution in [0, 0.1) is 13.8 Å². The Morgan fingerprint density at radius 2 is 0.772 bits per heavy atom.